The highest BCUT2D eigenvalue weighted by atomic mass is 28.4. The molecule has 0 N–H and O–H groups in total. The molecule has 0 unspecified atom stereocenters. The first-order valence-corrected chi connectivity index (χ1v) is 18.5. The summed E-state index contributed by atoms with van der Waals surface area (Å²) in [7, 11) is -2.40. The lowest BCUT2D eigenvalue weighted by atomic mass is 9.90. The summed E-state index contributed by atoms with van der Waals surface area (Å²) in [6, 6.07) is 9.93. The predicted octanol–water partition coefficient (Wildman–Crippen LogP) is 9.83. The molecule has 0 atom stereocenters. The maximum absolute atomic E-state index is 2.51. The molecule has 0 bridgehead atoms. The fourth-order valence-corrected chi connectivity index (χ4v) is 27.6. The van der Waals surface area contributed by atoms with Crippen molar-refractivity contribution in [2.45, 2.75) is 154 Å². The minimum absolute atomic E-state index is 1.13. The molecule has 1 fully saturated rings. The molecule has 0 spiro atoms. The molecule has 0 aromatic carbocycles. The molecular weight excluding hydrogens is 356 g/mol. The van der Waals surface area contributed by atoms with Gasteiger partial charge in [-0.15, -0.1) is 0 Å². The third kappa shape index (κ3) is 6.73. The van der Waals surface area contributed by atoms with Crippen molar-refractivity contribution in [2.24, 2.45) is 5.92 Å². The van der Waals surface area contributed by atoms with E-state index in [0.29, 0.717) is 0 Å². The Kier molecular flexibility index (Phi) is 12.8. The molecule has 2 heteroatoms. The maximum Gasteiger partial charge on any atom is 0.0543 e. The van der Waals surface area contributed by atoms with E-state index in [9.17, 15) is 0 Å². The van der Waals surface area contributed by atoms with Crippen molar-refractivity contribution in [1.82, 2.24) is 0 Å². The first-order chi connectivity index (χ1) is 13.1. The summed E-state index contributed by atoms with van der Waals surface area (Å²) in [6.45, 7) is 15.0. The van der Waals surface area contributed by atoms with E-state index in [0.717, 1.165) is 5.92 Å². The van der Waals surface area contributed by atoms with Crippen LogP contribution in [0.4, 0.5) is 0 Å². The second-order valence-electron chi connectivity index (χ2n) is 10.1. The van der Waals surface area contributed by atoms with Gasteiger partial charge in [-0.2, -0.15) is 0 Å². The monoisotopic (exact) mass is 410 g/mol. The summed E-state index contributed by atoms with van der Waals surface area (Å²) in [5, 5.41) is 1.25. The first kappa shape index (κ1) is 25.5. The van der Waals surface area contributed by atoms with Crippen LogP contribution < -0.4 is 0 Å². The van der Waals surface area contributed by atoms with Gasteiger partial charge in [0.25, 0.3) is 0 Å². The van der Waals surface area contributed by atoms with Crippen LogP contribution in [0.3, 0.4) is 0 Å². The Morgan fingerprint density at radius 3 is 1.07 bits per heavy atom. The molecular formula is C25H54Si2. The standard InChI is InChI=1S/C25H54Si2/c1-7-18-26(19-8-2,20-9-3)25(24-16-14-13-15-17-24)27(21-10-4,22-11-5)23-12-6/h24-25H,7-23H2,1-6H3. The molecule has 0 aromatic heterocycles. The van der Waals surface area contributed by atoms with Crippen LogP contribution in [0, 0.1) is 5.92 Å². The van der Waals surface area contributed by atoms with Crippen molar-refractivity contribution in [3.05, 3.63) is 0 Å². The average Bonchev–Trinajstić information content (AvgIpc) is 2.64. The molecule has 27 heavy (non-hydrogen) atoms. The fraction of sp³-hybridized carbons (Fsp3) is 1.00. The highest BCUT2D eigenvalue weighted by Crippen LogP contribution is 2.55. The van der Waals surface area contributed by atoms with Gasteiger partial charge in [0.15, 0.2) is 0 Å². The van der Waals surface area contributed by atoms with Crippen molar-refractivity contribution in [3.63, 3.8) is 0 Å². The number of hydrogen-bond donors (Lipinski definition) is 0. The van der Waals surface area contributed by atoms with Crippen LogP contribution >= 0.6 is 0 Å². The highest BCUT2D eigenvalue weighted by Gasteiger charge is 2.53. The largest absolute Gasteiger partial charge is 0.0657 e. The quantitative estimate of drug-likeness (QED) is 0.235. The molecule has 0 aromatic rings. The van der Waals surface area contributed by atoms with Crippen molar-refractivity contribution in [1.29, 1.82) is 0 Å². The van der Waals surface area contributed by atoms with Crippen molar-refractivity contribution < 1.29 is 0 Å². The molecule has 0 amide bonds. The van der Waals surface area contributed by atoms with E-state index in [-0.39, 0.29) is 0 Å². The van der Waals surface area contributed by atoms with Gasteiger partial charge in [-0.3, -0.25) is 0 Å². The minimum atomic E-state index is -1.20. The van der Waals surface area contributed by atoms with Crippen LogP contribution in [0.2, 0.25) is 41.4 Å². The zero-order chi connectivity index (χ0) is 20.2. The van der Waals surface area contributed by atoms with E-state index in [1.807, 2.05) is 0 Å². The lowest BCUT2D eigenvalue weighted by molar-refractivity contribution is 0.360. The van der Waals surface area contributed by atoms with Crippen molar-refractivity contribution >= 4 is 16.1 Å². The van der Waals surface area contributed by atoms with Crippen LogP contribution in [-0.2, 0) is 0 Å². The van der Waals surface area contributed by atoms with Gasteiger partial charge in [-0.1, -0.05) is 148 Å². The van der Waals surface area contributed by atoms with Gasteiger partial charge >= 0.3 is 0 Å². The molecule has 1 aliphatic rings. The van der Waals surface area contributed by atoms with Gasteiger partial charge in [-0.05, 0) is 11.1 Å². The summed E-state index contributed by atoms with van der Waals surface area (Å²) in [4.78, 5) is 0. The molecule has 1 aliphatic carbocycles. The molecule has 162 valence electrons. The third-order valence-corrected chi connectivity index (χ3v) is 24.2. The van der Waals surface area contributed by atoms with Crippen LogP contribution in [0.15, 0.2) is 0 Å². The molecule has 0 aliphatic heterocycles. The maximum atomic E-state index is 2.51. The summed E-state index contributed by atoms with van der Waals surface area (Å²) in [6.07, 6.45) is 16.6. The van der Waals surface area contributed by atoms with E-state index < -0.39 is 16.1 Å². The molecule has 0 radical (unpaired) electrons. The second-order valence-corrected chi connectivity index (χ2v) is 20.4. The van der Waals surface area contributed by atoms with Gasteiger partial charge in [0.2, 0.25) is 0 Å². The Labute approximate surface area is 175 Å². The van der Waals surface area contributed by atoms with Gasteiger partial charge in [-0.25, -0.2) is 0 Å². The minimum Gasteiger partial charge on any atom is -0.0657 e. The SMILES string of the molecule is CCC[Si](CCC)(CCC)C(C1CCCCC1)[Si](CCC)(CCC)CCC. The molecule has 1 saturated carbocycles. The average molecular weight is 411 g/mol. The molecule has 1 rings (SSSR count). The zero-order valence-electron chi connectivity index (χ0n) is 20.2. The fourth-order valence-electron chi connectivity index (χ4n) is 7.79. The van der Waals surface area contributed by atoms with E-state index in [1.165, 1.54) is 50.1 Å². The topological polar surface area (TPSA) is 0 Å². The Morgan fingerprint density at radius 1 is 0.519 bits per heavy atom. The number of rotatable bonds is 15. The van der Waals surface area contributed by atoms with E-state index >= 15 is 0 Å². The van der Waals surface area contributed by atoms with Crippen LogP contribution in [0.25, 0.3) is 0 Å². The Balaban J connectivity index is 3.51. The van der Waals surface area contributed by atoms with Gasteiger partial charge < -0.3 is 0 Å². The van der Waals surface area contributed by atoms with Crippen LogP contribution in [0.5, 0.6) is 0 Å². The second kappa shape index (κ2) is 13.6. The summed E-state index contributed by atoms with van der Waals surface area (Å²) >= 11 is 0. The van der Waals surface area contributed by atoms with Crippen molar-refractivity contribution in [2.75, 3.05) is 0 Å². The summed E-state index contributed by atoms with van der Waals surface area (Å²) in [5.41, 5.74) is 0. The smallest absolute Gasteiger partial charge is 0.0543 e. The predicted molar refractivity (Wildman–Crippen MR) is 132 cm³/mol. The summed E-state index contributed by atoms with van der Waals surface area (Å²) < 4.78 is 0. The van der Waals surface area contributed by atoms with Crippen LogP contribution in [-0.4, -0.2) is 16.1 Å². The summed E-state index contributed by atoms with van der Waals surface area (Å²) in [5.74, 6) is 1.13. The Bertz CT molecular complexity index is 299. The first-order valence-electron chi connectivity index (χ1n) is 13.1. The van der Waals surface area contributed by atoms with E-state index in [4.69, 9.17) is 0 Å². The lowest BCUT2D eigenvalue weighted by Crippen LogP contribution is -2.57. The van der Waals surface area contributed by atoms with E-state index in [2.05, 4.69) is 41.5 Å². The van der Waals surface area contributed by atoms with Gasteiger partial charge in [0.1, 0.15) is 0 Å². The molecule has 0 saturated heterocycles. The number of hydrogen-bond acceptors (Lipinski definition) is 0. The highest BCUT2D eigenvalue weighted by molar-refractivity contribution is 6.99. The van der Waals surface area contributed by atoms with Crippen LogP contribution in [0.1, 0.15) is 112 Å². The normalized spacial score (nSPS) is 17.0. The lowest BCUT2D eigenvalue weighted by Gasteiger charge is -2.54. The van der Waals surface area contributed by atoms with Gasteiger partial charge in [0.05, 0.1) is 16.1 Å². The Morgan fingerprint density at radius 2 is 0.815 bits per heavy atom. The molecule has 0 heterocycles. The van der Waals surface area contributed by atoms with Gasteiger partial charge in [0, 0.05) is 0 Å². The molecule has 0 nitrogen and oxygen atoms in total. The zero-order valence-corrected chi connectivity index (χ0v) is 22.2. The van der Waals surface area contributed by atoms with Crippen molar-refractivity contribution in [3.8, 4) is 0 Å². The van der Waals surface area contributed by atoms with E-state index in [1.54, 1.807) is 61.9 Å². The third-order valence-electron chi connectivity index (χ3n) is 7.93. The Hall–Kier alpha value is 0.434.